The second-order valence-corrected chi connectivity index (χ2v) is 7.07. The number of fused-ring (bicyclic) bond motifs is 1. The summed E-state index contributed by atoms with van der Waals surface area (Å²) in [6.07, 6.45) is 0. The second kappa shape index (κ2) is 7.21. The largest absolute Gasteiger partial charge is 0.381 e. The molecule has 3 aromatic carbocycles. The fourth-order valence-corrected chi connectivity index (χ4v) is 3.34. The maximum Gasteiger partial charge on any atom is 0.126 e. The van der Waals surface area contributed by atoms with E-state index in [0.29, 0.717) is 17.7 Å². The number of aromatic amines is 1. The third-order valence-corrected chi connectivity index (χ3v) is 4.99. The SMILES string of the molecule is Cc1cc2[nH]c(-c3ccc(C)c(NCc4cccc(C#N)c4)c3)cc2cc1F. The first-order valence-corrected chi connectivity index (χ1v) is 9.16. The van der Waals surface area contributed by atoms with Crippen LogP contribution in [-0.4, -0.2) is 4.98 Å². The smallest absolute Gasteiger partial charge is 0.126 e. The molecule has 2 N–H and O–H groups in total. The number of hydrogen-bond acceptors (Lipinski definition) is 2. The third-order valence-electron chi connectivity index (χ3n) is 4.99. The lowest BCUT2D eigenvalue weighted by Gasteiger charge is -2.11. The van der Waals surface area contributed by atoms with Gasteiger partial charge in [-0.25, -0.2) is 4.39 Å². The molecule has 0 amide bonds. The minimum atomic E-state index is -0.191. The summed E-state index contributed by atoms with van der Waals surface area (Å²) in [4.78, 5) is 3.38. The molecule has 4 aromatic rings. The van der Waals surface area contributed by atoms with Gasteiger partial charge in [0.05, 0.1) is 11.6 Å². The van der Waals surface area contributed by atoms with Crippen molar-refractivity contribution in [3.8, 4) is 17.3 Å². The molecular weight excluding hydrogens is 349 g/mol. The lowest BCUT2D eigenvalue weighted by Crippen LogP contribution is -2.01. The van der Waals surface area contributed by atoms with Gasteiger partial charge in [-0.3, -0.25) is 0 Å². The predicted octanol–water partition coefficient (Wildman–Crippen LogP) is 6.07. The Labute approximate surface area is 163 Å². The van der Waals surface area contributed by atoms with Crippen LogP contribution in [0.4, 0.5) is 10.1 Å². The van der Waals surface area contributed by atoms with E-state index >= 15 is 0 Å². The molecule has 28 heavy (non-hydrogen) atoms. The van der Waals surface area contributed by atoms with Crippen molar-refractivity contribution in [3.63, 3.8) is 0 Å². The Morgan fingerprint density at radius 3 is 2.68 bits per heavy atom. The zero-order chi connectivity index (χ0) is 19.7. The first kappa shape index (κ1) is 17.8. The number of H-pyrrole nitrogens is 1. The molecule has 0 spiro atoms. The van der Waals surface area contributed by atoms with Gasteiger partial charge in [0.25, 0.3) is 0 Å². The van der Waals surface area contributed by atoms with Crippen molar-refractivity contribution in [1.82, 2.24) is 4.98 Å². The normalized spacial score (nSPS) is 10.8. The van der Waals surface area contributed by atoms with Crippen LogP contribution >= 0.6 is 0 Å². The number of anilines is 1. The van der Waals surface area contributed by atoms with Crippen molar-refractivity contribution in [2.75, 3.05) is 5.32 Å². The van der Waals surface area contributed by atoms with Crippen LogP contribution in [0.2, 0.25) is 0 Å². The third kappa shape index (κ3) is 3.47. The molecule has 3 nitrogen and oxygen atoms in total. The van der Waals surface area contributed by atoms with Gasteiger partial charge in [0.1, 0.15) is 5.82 Å². The molecule has 0 fully saturated rings. The molecule has 0 radical (unpaired) electrons. The topological polar surface area (TPSA) is 51.6 Å². The molecule has 0 bridgehead atoms. The van der Waals surface area contributed by atoms with E-state index in [4.69, 9.17) is 5.26 Å². The van der Waals surface area contributed by atoms with E-state index in [1.807, 2.05) is 30.3 Å². The van der Waals surface area contributed by atoms with Gasteiger partial charge < -0.3 is 10.3 Å². The van der Waals surface area contributed by atoms with E-state index in [0.717, 1.165) is 39.0 Å². The highest BCUT2D eigenvalue weighted by Crippen LogP contribution is 2.29. The Hall–Kier alpha value is -3.58. The molecule has 0 atom stereocenters. The van der Waals surface area contributed by atoms with Crippen LogP contribution in [0.25, 0.3) is 22.2 Å². The van der Waals surface area contributed by atoms with Crippen molar-refractivity contribution >= 4 is 16.6 Å². The van der Waals surface area contributed by atoms with Gasteiger partial charge >= 0.3 is 0 Å². The van der Waals surface area contributed by atoms with Gasteiger partial charge in [0.2, 0.25) is 0 Å². The van der Waals surface area contributed by atoms with E-state index < -0.39 is 0 Å². The number of aryl methyl sites for hydroxylation is 2. The van der Waals surface area contributed by atoms with Gasteiger partial charge in [-0.15, -0.1) is 0 Å². The average Bonchev–Trinajstić information content (AvgIpc) is 3.10. The molecule has 0 unspecified atom stereocenters. The molecule has 4 rings (SSSR count). The first-order chi connectivity index (χ1) is 13.5. The number of benzene rings is 3. The molecule has 0 aliphatic heterocycles. The number of aromatic nitrogens is 1. The maximum absolute atomic E-state index is 13.8. The van der Waals surface area contributed by atoms with Gasteiger partial charge in [0, 0.05) is 34.4 Å². The van der Waals surface area contributed by atoms with Crippen LogP contribution in [0.1, 0.15) is 22.3 Å². The Balaban J connectivity index is 1.62. The summed E-state index contributed by atoms with van der Waals surface area (Å²) in [6, 6.07) is 21.4. The fraction of sp³-hybridized carbons (Fsp3) is 0.125. The molecule has 0 saturated heterocycles. The van der Waals surface area contributed by atoms with Crippen molar-refractivity contribution < 1.29 is 4.39 Å². The van der Waals surface area contributed by atoms with Gasteiger partial charge in [0.15, 0.2) is 0 Å². The van der Waals surface area contributed by atoms with Crippen LogP contribution in [0, 0.1) is 31.0 Å². The van der Waals surface area contributed by atoms with E-state index in [1.165, 1.54) is 0 Å². The van der Waals surface area contributed by atoms with Crippen molar-refractivity contribution in [2.24, 2.45) is 0 Å². The minimum Gasteiger partial charge on any atom is -0.381 e. The monoisotopic (exact) mass is 369 g/mol. The molecule has 0 saturated carbocycles. The van der Waals surface area contributed by atoms with Crippen LogP contribution < -0.4 is 5.32 Å². The van der Waals surface area contributed by atoms with Crippen LogP contribution in [0.15, 0.2) is 60.7 Å². The molecule has 1 aromatic heterocycles. The molecule has 0 aliphatic carbocycles. The summed E-state index contributed by atoms with van der Waals surface area (Å²) >= 11 is 0. The van der Waals surface area contributed by atoms with E-state index in [2.05, 4.69) is 41.5 Å². The van der Waals surface area contributed by atoms with Crippen molar-refractivity contribution in [1.29, 1.82) is 5.26 Å². The molecule has 4 heteroatoms. The summed E-state index contributed by atoms with van der Waals surface area (Å²) < 4.78 is 13.8. The fourth-order valence-electron chi connectivity index (χ4n) is 3.34. The summed E-state index contributed by atoms with van der Waals surface area (Å²) in [5.41, 5.74) is 7.43. The second-order valence-electron chi connectivity index (χ2n) is 7.07. The predicted molar refractivity (Wildman–Crippen MR) is 112 cm³/mol. The van der Waals surface area contributed by atoms with Gasteiger partial charge in [-0.05, 0) is 66.9 Å². The van der Waals surface area contributed by atoms with Crippen molar-refractivity contribution in [3.05, 3.63) is 88.7 Å². The Morgan fingerprint density at radius 2 is 1.86 bits per heavy atom. The summed E-state index contributed by atoms with van der Waals surface area (Å²) in [5.74, 6) is -0.191. The number of nitrogens with zero attached hydrogens (tertiary/aromatic N) is 1. The van der Waals surface area contributed by atoms with E-state index in [9.17, 15) is 4.39 Å². The number of hydrogen-bond donors (Lipinski definition) is 2. The van der Waals surface area contributed by atoms with E-state index in [1.54, 1.807) is 19.1 Å². The van der Waals surface area contributed by atoms with Crippen LogP contribution in [0.3, 0.4) is 0 Å². The summed E-state index contributed by atoms with van der Waals surface area (Å²) in [5, 5.41) is 13.4. The number of nitriles is 1. The number of nitrogens with one attached hydrogen (secondary N) is 2. The standard InChI is InChI=1S/C24H20FN3/c1-15-6-7-19(24-12-20-10-21(25)16(2)8-23(20)28-24)11-22(15)27-14-18-5-3-4-17(9-18)13-26/h3-12,27-28H,14H2,1-2H3. The Kier molecular flexibility index (Phi) is 4.58. The highest BCUT2D eigenvalue weighted by atomic mass is 19.1. The highest BCUT2D eigenvalue weighted by molar-refractivity contribution is 5.87. The molecular formula is C24H20FN3. The minimum absolute atomic E-state index is 0.191. The molecule has 138 valence electrons. The zero-order valence-electron chi connectivity index (χ0n) is 15.8. The Bertz CT molecular complexity index is 1180. The van der Waals surface area contributed by atoms with Crippen LogP contribution in [-0.2, 0) is 6.54 Å². The quantitative estimate of drug-likeness (QED) is 0.458. The summed E-state index contributed by atoms with van der Waals surface area (Å²) in [6.45, 7) is 4.46. The highest BCUT2D eigenvalue weighted by Gasteiger charge is 2.08. The van der Waals surface area contributed by atoms with E-state index in [-0.39, 0.29) is 5.82 Å². The molecule has 1 heterocycles. The summed E-state index contributed by atoms with van der Waals surface area (Å²) in [7, 11) is 0. The Morgan fingerprint density at radius 1 is 1.00 bits per heavy atom. The maximum atomic E-state index is 13.8. The lowest BCUT2D eigenvalue weighted by molar-refractivity contribution is 0.620. The number of halogens is 1. The van der Waals surface area contributed by atoms with Crippen LogP contribution in [0.5, 0.6) is 0 Å². The first-order valence-electron chi connectivity index (χ1n) is 9.16. The number of rotatable bonds is 4. The van der Waals surface area contributed by atoms with Gasteiger partial charge in [-0.2, -0.15) is 5.26 Å². The average molecular weight is 369 g/mol. The lowest BCUT2D eigenvalue weighted by atomic mass is 10.1. The van der Waals surface area contributed by atoms with Crippen molar-refractivity contribution in [2.45, 2.75) is 20.4 Å². The zero-order valence-corrected chi connectivity index (χ0v) is 15.8. The van der Waals surface area contributed by atoms with Gasteiger partial charge in [-0.1, -0.05) is 24.3 Å². The molecule has 0 aliphatic rings.